The minimum absolute atomic E-state index is 0.0426. The number of carboxylic acids is 4. The highest BCUT2D eigenvalue weighted by molar-refractivity contribution is 5.90. The molecule has 4 amide bonds. The van der Waals surface area contributed by atoms with Gasteiger partial charge in [0.15, 0.2) is 0 Å². The van der Waals surface area contributed by atoms with Crippen LogP contribution in [0.15, 0.2) is 24.3 Å². The van der Waals surface area contributed by atoms with Gasteiger partial charge in [-0.3, -0.25) is 38.4 Å². The van der Waals surface area contributed by atoms with Crippen LogP contribution in [0, 0.1) is 59.2 Å². The molecule has 4 rings (SSSR count). The summed E-state index contributed by atoms with van der Waals surface area (Å²) in [6.45, 7) is 1.28. The summed E-state index contributed by atoms with van der Waals surface area (Å²) in [7, 11) is 0. The molecule has 0 spiro atoms. The van der Waals surface area contributed by atoms with Crippen molar-refractivity contribution in [3.8, 4) is 0 Å². The number of allylic oxidation sites excluding steroid dienone is 4. The third-order valence-corrected chi connectivity index (χ3v) is 11.5. The second-order valence-electron chi connectivity index (χ2n) is 15.1. The van der Waals surface area contributed by atoms with Gasteiger partial charge in [0.2, 0.25) is 23.6 Å². The molecule has 0 saturated heterocycles. The summed E-state index contributed by atoms with van der Waals surface area (Å²) < 4.78 is 0. The molecule has 8 N–H and O–H groups in total. The number of fused-ring (bicyclic) bond motifs is 4. The van der Waals surface area contributed by atoms with Crippen molar-refractivity contribution < 1.29 is 58.8 Å². The van der Waals surface area contributed by atoms with E-state index in [1.54, 1.807) is 0 Å². The molecule has 4 aliphatic carbocycles. The average molecular weight is 759 g/mol. The number of rotatable bonds is 25. The fraction of sp³-hybridized carbons (Fsp3) is 0.684. The first-order chi connectivity index (χ1) is 25.8. The van der Waals surface area contributed by atoms with E-state index in [4.69, 9.17) is 0 Å². The van der Waals surface area contributed by atoms with Gasteiger partial charge in [-0.05, 0) is 62.2 Å². The Kier molecular flexibility index (Phi) is 15.6. The van der Waals surface area contributed by atoms with E-state index < -0.39 is 84.0 Å². The van der Waals surface area contributed by atoms with Crippen LogP contribution < -0.4 is 21.3 Å². The lowest BCUT2D eigenvalue weighted by atomic mass is 9.82. The number of carbonyl (C=O) groups excluding carboxylic acids is 4. The third kappa shape index (κ3) is 11.1. The number of amides is 4. The number of hydrogen-bond donors (Lipinski definition) is 8. The Bertz CT molecular complexity index is 1370. The number of aliphatic carboxylic acids is 4. The highest BCUT2D eigenvalue weighted by atomic mass is 16.4. The number of carbonyl (C=O) groups is 8. The van der Waals surface area contributed by atoms with Crippen LogP contribution >= 0.6 is 0 Å². The zero-order valence-corrected chi connectivity index (χ0v) is 30.5. The SMILES string of the molecule is O=C(CC(C(=O)O)C(CC(=O)NCCCCCCNC(=O)C1C2C=CC(C2)C1C(=O)O)C(=O)O)NCCCCCCNC(=O)C1C2C=CC(C2)C1C(=O)O. The van der Waals surface area contributed by atoms with Crippen LogP contribution in [0.2, 0.25) is 0 Å². The summed E-state index contributed by atoms with van der Waals surface area (Å²) in [5.74, 6) is -12.6. The standard InChI is InChI=1S/C38H54N4O12/c43-27(39-13-5-1-3-7-15-41-33(45)29-21-9-11-23(17-21)31(29)37(51)52)19-25(35(47)48)26(36(49)50)20-28(44)40-14-6-2-4-8-16-42-34(46)30-22-10-12-24(18-22)32(30)38(53)54/h9-12,21-26,29-32H,1-8,13-20H2,(H,39,43)(H,40,44)(H,41,45)(H,42,46)(H,47,48)(H,49,50)(H,51,52)(H,53,54). The van der Waals surface area contributed by atoms with Crippen LogP contribution in [0.4, 0.5) is 0 Å². The highest BCUT2D eigenvalue weighted by Gasteiger charge is 2.52. The Labute approximate surface area is 314 Å². The monoisotopic (exact) mass is 758 g/mol. The minimum atomic E-state index is -1.61. The fourth-order valence-corrected chi connectivity index (χ4v) is 8.70. The molecular formula is C38H54N4O12. The number of hydrogen-bond acceptors (Lipinski definition) is 8. The molecule has 16 nitrogen and oxygen atoms in total. The van der Waals surface area contributed by atoms with Gasteiger partial charge in [0.25, 0.3) is 0 Å². The van der Waals surface area contributed by atoms with Crippen LogP contribution in [-0.4, -0.2) is 94.1 Å². The molecule has 0 radical (unpaired) electrons. The summed E-state index contributed by atoms with van der Waals surface area (Å²) >= 11 is 0. The molecule has 298 valence electrons. The molecular weight excluding hydrogens is 704 g/mol. The highest BCUT2D eigenvalue weighted by Crippen LogP contribution is 2.49. The first-order valence-electron chi connectivity index (χ1n) is 19.2. The Balaban J connectivity index is 1.04. The van der Waals surface area contributed by atoms with Crippen LogP contribution in [-0.2, 0) is 38.4 Å². The molecule has 0 aromatic carbocycles. The normalized spacial score (nSPS) is 26.9. The third-order valence-electron chi connectivity index (χ3n) is 11.5. The Hall–Kier alpha value is -4.76. The van der Waals surface area contributed by atoms with E-state index in [9.17, 15) is 58.8 Å². The molecule has 2 saturated carbocycles. The van der Waals surface area contributed by atoms with Gasteiger partial charge >= 0.3 is 23.9 Å². The smallest absolute Gasteiger partial charge is 0.307 e. The fourth-order valence-electron chi connectivity index (χ4n) is 8.70. The van der Waals surface area contributed by atoms with Crippen molar-refractivity contribution in [2.24, 2.45) is 59.2 Å². The lowest BCUT2D eigenvalue weighted by Crippen LogP contribution is -2.40. The van der Waals surface area contributed by atoms with Crippen molar-refractivity contribution in [1.82, 2.24) is 21.3 Å². The number of carboxylic acid groups (broad SMARTS) is 4. The minimum Gasteiger partial charge on any atom is -0.481 e. The van der Waals surface area contributed by atoms with Crippen molar-refractivity contribution in [3.63, 3.8) is 0 Å². The maximum atomic E-state index is 12.6. The molecule has 0 aromatic rings. The van der Waals surface area contributed by atoms with Gasteiger partial charge in [-0.25, -0.2) is 0 Å². The molecule has 10 atom stereocenters. The number of unbranched alkanes of at least 4 members (excludes halogenated alkanes) is 6. The summed E-state index contributed by atoms with van der Waals surface area (Å²) in [6, 6.07) is 0. The van der Waals surface area contributed by atoms with Crippen molar-refractivity contribution in [2.45, 2.75) is 77.0 Å². The van der Waals surface area contributed by atoms with E-state index in [0.29, 0.717) is 64.5 Å². The van der Waals surface area contributed by atoms with E-state index in [2.05, 4.69) is 21.3 Å². The zero-order valence-electron chi connectivity index (χ0n) is 30.5. The Morgan fingerprint density at radius 3 is 1.04 bits per heavy atom. The molecule has 4 aliphatic rings. The largest absolute Gasteiger partial charge is 0.481 e. The Morgan fingerprint density at radius 2 is 0.741 bits per heavy atom. The second-order valence-corrected chi connectivity index (χ2v) is 15.1. The molecule has 0 aromatic heterocycles. The Morgan fingerprint density at radius 1 is 0.444 bits per heavy atom. The van der Waals surface area contributed by atoms with Crippen LogP contribution in [0.5, 0.6) is 0 Å². The molecule has 0 aliphatic heterocycles. The average Bonchev–Trinajstić information content (AvgIpc) is 3.93. The van der Waals surface area contributed by atoms with Crippen molar-refractivity contribution in [2.75, 3.05) is 26.2 Å². The molecule has 16 heteroatoms. The molecule has 2 fully saturated rings. The van der Waals surface area contributed by atoms with Gasteiger partial charge < -0.3 is 41.7 Å². The van der Waals surface area contributed by atoms with Gasteiger partial charge in [0.1, 0.15) is 0 Å². The van der Waals surface area contributed by atoms with Crippen molar-refractivity contribution >= 4 is 47.5 Å². The van der Waals surface area contributed by atoms with Crippen LogP contribution in [0.25, 0.3) is 0 Å². The van der Waals surface area contributed by atoms with E-state index in [1.165, 1.54) is 0 Å². The summed E-state index contributed by atoms with van der Waals surface area (Å²) in [5.41, 5.74) is 0. The number of nitrogens with one attached hydrogen (secondary N) is 4. The summed E-state index contributed by atoms with van der Waals surface area (Å²) in [5, 5.41) is 49.4. The quantitative estimate of drug-likeness (QED) is 0.0490. The lowest BCUT2D eigenvalue weighted by Gasteiger charge is -2.23. The van der Waals surface area contributed by atoms with E-state index in [1.807, 2.05) is 24.3 Å². The van der Waals surface area contributed by atoms with Crippen molar-refractivity contribution in [3.05, 3.63) is 24.3 Å². The summed E-state index contributed by atoms with van der Waals surface area (Å²) in [6.07, 6.45) is 13.1. The van der Waals surface area contributed by atoms with Gasteiger partial charge in [-0.15, -0.1) is 0 Å². The lowest BCUT2D eigenvalue weighted by molar-refractivity contribution is -0.156. The van der Waals surface area contributed by atoms with E-state index >= 15 is 0 Å². The van der Waals surface area contributed by atoms with E-state index in [0.717, 1.165) is 12.8 Å². The van der Waals surface area contributed by atoms with Crippen molar-refractivity contribution in [1.29, 1.82) is 0 Å². The van der Waals surface area contributed by atoms with E-state index in [-0.39, 0.29) is 48.6 Å². The first kappa shape index (κ1) is 42.0. The molecule has 4 bridgehead atoms. The maximum absolute atomic E-state index is 12.6. The molecule has 10 unspecified atom stereocenters. The van der Waals surface area contributed by atoms with Crippen LogP contribution in [0.3, 0.4) is 0 Å². The second kappa shape index (κ2) is 20.1. The predicted octanol–water partition coefficient (Wildman–Crippen LogP) is 1.80. The first-order valence-corrected chi connectivity index (χ1v) is 19.2. The molecule has 54 heavy (non-hydrogen) atoms. The maximum Gasteiger partial charge on any atom is 0.307 e. The zero-order chi connectivity index (χ0) is 39.4. The van der Waals surface area contributed by atoms with Gasteiger partial charge in [0, 0.05) is 39.0 Å². The van der Waals surface area contributed by atoms with Gasteiger partial charge in [-0.2, -0.15) is 0 Å². The molecule has 0 heterocycles. The van der Waals surface area contributed by atoms with Gasteiger partial charge in [-0.1, -0.05) is 50.0 Å². The van der Waals surface area contributed by atoms with Crippen LogP contribution in [0.1, 0.15) is 77.0 Å². The summed E-state index contributed by atoms with van der Waals surface area (Å²) in [4.78, 5) is 97.5. The topological polar surface area (TPSA) is 266 Å². The predicted molar refractivity (Wildman–Crippen MR) is 191 cm³/mol. The van der Waals surface area contributed by atoms with Gasteiger partial charge in [0.05, 0.1) is 35.5 Å².